The molecule has 2 N–H and O–H groups in total. The first-order valence-corrected chi connectivity index (χ1v) is 6.84. The second-order valence-corrected chi connectivity index (χ2v) is 5.99. The van der Waals surface area contributed by atoms with Crippen molar-refractivity contribution in [2.24, 2.45) is 5.73 Å². The number of rotatable bonds is 2. The van der Waals surface area contributed by atoms with E-state index in [-0.39, 0.29) is 6.04 Å². The van der Waals surface area contributed by atoms with Crippen molar-refractivity contribution >= 4 is 50.2 Å². The van der Waals surface area contributed by atoms with Gasteiger partial charge in [-0.1, -0.05) is 11.6 Å². The molecule has 0 aliphatic carbocycles. The van der Waals surface area contributed by atoms with E-state index in [4.69, 9.17) is 17.3 Å². The summed E-state index contributed by atoms with van der Waals surface area (Å²) in [5, 5.41) is 4.74. The molecule has 2 rings (SSSR count). The quantitative estimate of drug-likeness (QED) is 0.880. The molecule has 14 heavy (non-hydrogen) atoms. The molecule has 0 saturated heterocycles. The highest BCUT2D eigenvalue weighted by molar-refractivity contribution is 9.10. The summed E-state index contributed by atoms with van der Waals surface area (Å²) in [7, 11) is 0. The van der Waals surface area contributed by atoms with Gasteiger partial charge in [0.25, 0.3) is 0 Å². The first kappa shape index (κ1) is 10.6. The van der Waals surface area contributed by atoms with Gasteiger partial charge >= 0.3 is 0 Å². The molecule has 0 amide bonds. The van der Waals surface area contributed by atoms with Gasteiger partial charge in [-0.3, -0.25) is 0 Å². The number of halogens is 2. The molecule has 0 aliphatic heterocycles. The predicted octanol–water partition coefficient (Wildman–Crippen LogP) is 4.27. The topological polar surface area (TPSA) is 26.0 Å². The van der Waals surface area contributed by atoms with Crippen LogP contribution in [0, 0.1) is 0 Å². The van der Waals surface area contributed by atoms with Crippen LogP contribution in [0.25, 0.3) is 0 Å². The van der Waals surface area contributed by atoms with Crippen LogP contribution < -0.4 is 5.73 Å². The molecule has 0 saturated carbocycles. The third kappa shape index (κ3) is 2.04. The Labute approximate surface area is 104 Å². The minimum absolute atomic E-state index is 0.0983. The zero-order chi connectivity index (χ0) is 10.1. The summed E-state index contributed by atoms with van der Waals surface area (Å²) in [4.78, 5) is 2.15. The Hall–Kier alpha value is 0.130. The molecule has 2 aromatic rings. The summed E-state index contributed by atoms with van der Waals surface area (Å²) < 4.78 is 1.07. The van der Waals surface area contributed by atoms with Crippen LogP contribution in [0.2, 0.25) is 5.02 Å². The molecule has 2 aromatic heterocycles. The Kier molecular flexibility index (Phi) is 3.29. The Morgan fingerprint density at radius 1 is 1.43 bits per heavy atom. The lowest BCUT2D eigenvalue weighted by atomic mass is 10.2. The smallest absolute Gasteiger partial charge is 0.0755 e. The van der Waals surface area contributed by atoms with Gasteiger partial charge in [-0.05, 0) is 33.4 Å². The zero-order valence-corrected chi connectivity index (χ0v) is 11.0. The van der Waals surface area contributed by atoms with Crippen LogP contribution >= 0.6 is 50.2 Å². The minimum atomic E-state index is -0.0983. The molecule has 0 aliphatic rings. The summed E-state index contributed by atoms with van der Waals surface area (Å²) in [5.41, 5.74) is 6.09. The molecule has 2 heterocycles. The van der Waals surface area contributed by atoms with E-state index in [2.05, 4.69) is 15.9 Å². The van der Waals surface area contributed by atoms with Crippen molar-refractivity contribution in [2.75, 3.05) is 0 Å². The lowest BCUT2D eigenvalue weighted by Gasteiger charge is -2.06. The maximum Gasteiger partial charge on any atom is 0.0755 e. The van der Waals surface area contributed by atoms with Gasteiger partial charge in [-0.15, -0.1) is 22.7 Å². The molecule has 5 heteroatoms. The van der Waals surface area contributed by atoms with Crippen molar-refractivity contribution in [2.45, 2.75) is 6.04 Å². The largest absolute Gasteiger partial charge is 0.319 e. The molecular weight excluding hydrogens is 302 g/mol. The highest BCUT2D eigenvalue weighted by atomic mass is 79.9. The van der Waals surface area contributed by atoms with Crippen molar-refractivity contribution in [3.05, 3.63) is 42.1 Å². The summed E-state index contributed by atoms with van der Waals surface area (Å²) in [5.74, 6) is 0. The van der Waals surface area contributed by atoms with E-state index in [1.165, 1.54) is 0 Å². The number of hydrogen-bond donors (Lipinski definition) is 1. The number of thiophene rings is 2. The molecule has 1 atom stereocenters. The molecule has 74 valence electrons. The number of nitrogens with two attached hydrogens (primary N) is 1. The second-order valence-electron chi connectivity index (χ2n) is 2.78. The third-order valence-electron chi connectivity index (χ3n) is 1.82. The molecule has 1 unspecified atom stereocenters. The van der Waals surface area contributed by atoms with Crippen molar-refractivity contribution in [1.29, 1.82) is 0 Å². The van der Waals surface area contributed by atoms with E-state index in [1.807, 2.05) is 22.9 Å². The fourth-order valence-electron chi connectivity index (χ4n) is 1.15. The average molecular weight is 309 g/mol. The van der Waals surface area contributed by atoms with Gasteiger partial charge in [-0.25, -0.2) is 0 Å². The fraction of sp³-hybridized carbons (Fsp3) is 0.111. The molecule has 0 radical (unpaired) electrons. The fourth-order valence-corrected chi connectivity index (χ4v) is 3.87. The lowest BCUT2D eigenvalue weighted by molar-refractivity contribution is 0.917. The van der Waals surface area contributed by atoms with Crippen LogP contribution in [-0.2, 0) is 0 Å². The van der Waals surface area contributed by atoms with E-state index < -0.39 is 0 Å². The normalized spacial score (nSPS) is 13.1. The average Bonchev–Trinajstić information content (AvgIpc) is 2.73. The van der Waals surface area contributed by atoms with Crippen molar-refractivity contribution in [3.8, 4) is 0 Å². The van der Waals surface area contributed by atoms with Crippen molar-refractivity contribution < 1.29 is 0 Å². The molecule has 0 aromatic carbocycles. The Bertz CT molecular complexity index is 437. The van der Waals surface area contributed by atoms with Crippen LogP contribution in [0.4, 0.5) is 0 Å². The van der Waals surface area contributed by atoms with E-state index in [0.29, 0.717) is 0 Å². The van der Waals surface area contributed by atoms with Crippen molar-refractivity contribution in [3.63, 3.8) is 0 Å². The standard InChI is InChI=1S/C9H7BrClNS2/c10-5-3-7(14-4-5)8(12)9-6(11)1-2-13-9/h1-4,8H,12H2. The Morgan fingerprint density at radius 2 is 2.21 bits per heavy atom. The SMILES string of the molecule is NC(c1cc(Br)cs1)c1sccc1Cl. The van der Waals surface area contributed by atoms with Gasteiger partial charge in [0.05, 0.1) is 11.1 Å². The first-order valence-electron chi connectivity index (χ1n) is 3.91. The van der Waals surface area contributed by atoms with E-state index in [0.717, 1.165) is 19.2 Å². The lowest BCUT2D eigenvalue weighted by Crippen LogP contribution is -2.08. The molecule has 0 fully saturated rings. The summed E-state index contributed by atoms with van der Waals surface area (Å²) in [6.45, 7) is 0. The van der Waals surface area contributed by atoms with E-state index in [1.54, 1.807) is 22.7 Å². The monoisotopic (exact) mass is 307 g/mol. The zero-order valence-electron chi connectivity index (χ0n) is 7.04. The van der Waals surface area contributed by atoms with Gasteiger partial charge in [-0.2, -0.15) is 0 Å². The highest BCUT2D eigenvalue weighted by Gasteiger charge is 2.15. The maximum absolute atomic E-state index is 6.09. The van der Waals surface area contributed by atoms with Crippen LogP contribution in [0.5, 0.6) is 0 Å². The van der Waals surface area contributed by atoms with E-state index in [9.17, 15) is 0 Å². The molecular formula is C9H7BrClNS2. The molecule has 0 bridgehead atoms. The van der Waals surface area contributed by atoms with Gasteiger partial charge in [0.15, 0.2) is 0 Å². The molecule has 1 nitrogen and oxygen atoms in total. The second kappa shape index (κ2) is 4.33. The van der Waals surface area contributed by atoms with Gasteiger partial charge in [0, 0.05) is 19.6 Å². The van der Waals surface area contributed by atoms with Crippen LogP contribution in [0.3, 0.4) is 0 Å². The number of hydrogen-bond acceptors (Lipinski definition) is 3. The Morgan fingerprint density at radius 3 is 2.71 bits per heavy atom. The molecule has 0 spiro atoms. The summed E-state index contributed by atoms with van der Waals surface area (Å²) >= 11 is 12.7. The third-order valence-corrected chi connectivity index (χ3v) is 5.04. The van der Waals surface area contributed by atoms with Crippen LogP contribution in [0.15, 0.2) is 27.4 Å². The van der Waals surface area contributed by atoms with E-state index >= 15 is 0 Å². The summed E-state index contributed by atoms with van der Waals surface area (Å²) in [6.07, 6.45) is 0. The minimum Gasteiger partial charge on any atom is -0.319 e. The Balaban J connectivity index is 2.33. The van der Waals surface area contributed by atoms with Crippen LogP contribution in [-0.4, -0.2) is 0 Å². The van der Waals surface area contributed by atoms with Gasteiger partial charge in [0.2, 0.25) is 0 Å². The highest BCUT2D eigenvalue weighted by Crippen LogP contribution is 2.34. The van der Waals surface area contributed by atoms with Gasteiger partial charge in [0.1, 0.15) is 0 Å². The van der Waals surface area contributed by atoms with Crippen LogP contribution in [0.1, 0.15) is 15.8 Å². The van der Waals surface area contributed by atoms with Gasteiger partial charge < -0.3 is 5.73 Å². The van der Waals surface area contributed by atoms with Crippen molar-refractivity contribution in [1.82, 2.24) is 0 Å². The summed E-state index contributed by atoms with van der Waals surface area (Å²) in [6, 6.07) is 3.81. The maximum atomic E-state index is 6.09. The first-order chi connectivity index (χ1) is 6.68. The predicted molar refractivity (Wildman–Crippen MR) is 67.4 cm³/mol.